The van der Waals surface area contributed by atoms with Gasteiger partial charge < -0.3 is 9.64 Å². The Morgan fingerprint density at radius 3 is 2.86 bits per heavy atom. The molecule has 0 radical (unpaired) electrons. The zero-order valence-electron chi connectivity index (χ0n) is 9.23. The second kappa shape index (κ2) is 5.65. The molecule has 1 heterocycles. The topological polar surface area (TPSA) is 30.3 Å². The van der Waals surface area contributed by atoms with Crippen molar-refractivity contribution in [1.82, 2.24) is 9.78 Å². The Morgan fingerprint density at radius 1 is 1.43 bits per heavy atom. The van der Waals surface area contributed by atoms with Gasteiger partial charge in [-0.15, -0.1) is 0 Å². The zero-order valence-corrected chi connectivity index (χ0v) is 9.23. The molecule has 4 heteroatoms. The number of hydrogen-bond acceptors (Lipinski definition) is 3. The Kier molecular flexibility index (Phi) is 4.46. The van der Waals surface area contributed by atoms with E-state index in [0.717, 1.165) is 31.8 Å². The van der Waals surface area contributed by atoms with Crippen LogP contribution in [-0.4, -0.2) is 37.6 Å². The maximum atomic E-state index is 5.00. The molecule has 0 spiro atoms. The van der Waals surface area contributed by atoms with E-state index in [0.29, 0.717) is 0 Å². The van der Waals surface area contributed by atoms with Crippen molar-refractivity contribution >= 4 is 5.82 Å². The third-order valence-electron chi connectivity index (χ3n) is 2.12. The Hall–Kier alpha value is -1.03. The SMILES string of the molecule is COCCCCn1nccc1N(C)C. The van der Waals surface area contributed by atoms with Gasteiger partial charge in [-0.2, -0.15) is 5.10 Å². The predicted molar refractivity (Wildman–Crippen MR) is 57.7 cm³/mol. The molecule has 0 unspecified atom stereocenters. The van der Waals surface area contributed by atoms with E-state index in [1.807, 2.05) is 31.0 Å². The van der Waals surface area contributed by atoms with Crippen molar-refractivity contribution in [2.75, 3.05) is 32.7 Å². The largest absolute Gasteiger partial charge is 0.385 e. The van der Waals surface area contributed by atoms with E-state index in [9.17, 15) is 0 Å². The van der Waals surface area contributed by atoms with Crippen LogP contribution < -0.4 is 4.90 Å². The Bertz CT molecular complexity index is 258. The van der Waals surface area contributed by atoms with E-state index in [-0.39, 0.29) is 0 Å². The van der Waals surface area contributed by atoms with Gasteiger partial charge in [0.05, 0.1) is 6.20 Å². The number of nitrogens with zero attached hydrogens (tertiary/aromatic N) is 3. The highest BCUT2D eigenvalue weighted by atomic mass is 16.5. The van der Waals surface area contributed by atoms with Crippen molar-refractivity contribution in [1.29, 1.82) is 0 Å². The van der Waals surface area contributed by atoms with E-state index >= 15 is 0 Å². The monoisotopic (exact) mass is 197 g/mol. The van der Waals surface area contributed by atoms with Crippen LogP contribution in [0, 0.1) is 0 Å². The Morgan fingerprint density at radius 2 is 2.21 bits per heavy atom. The summed E-state index contributed by atoms with van der Waals surface area (Å²) < 4.78 is 7.02. The number of hydrogen-bond donors (Lipinski definition) is 0. The maximum absolute atomic E-state index is 5.00. The Labute approximate surface area is 85.5 Å². The van der Waals surface area contributed by atoms with Crippen LogP contribution in [0.3, 0.4) is 0 Å². The zero-order chi connectivity index (χ0) is 10.4. The first kappa shape index (κ1) is 11.0. The summed E-state index contributed by atoms with van der Waals surface area (Å²) in [6.45, 7) is 1.79. The van der Waals surface area contributed by atoms with E-state index in [1.165, 1.54) is 0 Å². The van der Waals surface area contributed by atoms with Gasteiger partial charge in [0.25, 0.3) is 0 Å². The number of rotatable bonds is 6. The first-order chi connectivity index (χ1) is 6.75. The summed E-state index contributed by atoms with van der Waals surface area (Å²) >= 11 is 0. The molecular weight excluding hydrogens is 178 g/mol. The summed E-state index contributed by atoms with van der Waals surface area (Å²) in [6, 6.07) is 2.02. The smallest absolute Gasteiger partial charge is 0.126 e. The predicted octanol–water partition coefficient (Wildman–Crippen LogP) is 1.38. The molecule has 0 aliphatic heterocycles. The number of aromatic nitrogens is 2. The highest BCUT2D eigenvalue weighted by Gasteiger charge is 2.02. The summed E-state index contributed by atoms with van der Waals surface area (Å²) in [5, 5.41) is 4.27. The molecule has 0 fully saturated rings. The van der Waals surface area contributed by atoms with Gasteiger partial charge >= 0.3 is 0 Å². The quantitative estimate of drug-likeness (QED) is 0.645. The van der Waals surface area contributed by atoms with Crippen molar-refractivity contribution in [2.45, 2.75) is 19.4 Å². The fraction of sp³-hybridized carbons (Fsp3) is 0.700. The van der Waals surface area contributed by atoms with Gasteiger partial charge in [0.2, 0.25) is 0 Å². The normalized spacial score (nSPS) is 10.5. The van der Waals surface area contributed by atoms with Crippen LogP contribution in [-0.2, 0) is 11.3 Å². The molecule has 0 N–H and O–H groups in total. The van der Waals surface area contributed by atoms with Crippen molar-refractivity contribution in [2.24, 2.45) is 0 Å². The number of aryl methyl sites for hydroxylation is 1. The summed E-state index contributed by atoms with van der Waals surface area (Å²) in [6.07, 6.45) is 4.03. The second-order valence-electron chi connectivity index (χ2n) is 3.51. The lowest BCUT2D eigenvalue weighted by Gasteiger charge is -2.14. The molecule has 0 atom stereocenters. The lowest BCUT2D eigenvalue weighted by Crippen LogP contribution is -2.15. The minimum absolute atomic E-state index is 0.832. The van der Waals surface area contributed by atoms with Crippen molar-refractivity contribution < 1.29 is 4.74 Å². The molecule has 1 aromatic heterocycles. The number of methoxy groups -OCH3 is 1. The van der Waals surface area contributed by atoms with Crippen LogP contribution in [0.15, 0.2) is 12.3 Å². The molecule has 4 nitrogen and oxygen atoms in total. The first-order valence-electron chi connectivity index (χ1n) is 4.93. The summed E-state index contributed by atoms with van der Waals surface area (Å²) in [7, 11) is 5.80. The van der Waals surface area contributed by atoms with Gasteiger partial charge in [0.1, 0.15) is 5.82 Å². The van der Waals surface area contributed by atoms with E-state index in [4.69, 9.17) is 4.74 Å². The molecule has 0 bridgehead atoms. The number of unbranched alkanes of at least 4 members (excludes halogenated alkanes) is 1. The van der Waals surface area contributed by atoms with E-state index in [2.05, 4.69) is 10.00 Å². The second-order valence-corrected chi connectivity index (χ2v) is 3.51. The summed E-state index contributed by atoms with van der Waals surface area (Å²) in [5.74, 6) is 1.16. The molecule has 0 aliphatic carbocycles. The van der Waals surface area contributed by atoms with Gasteiger partial charge in [-0.3, -0.25) is 0 Å². The van der Waals surface area contributed by atoms with Crippen LogP contribution in [0.2, 0.25) is 0 Å². The van der Waals surface area contributed by atoms with E-state index < -0.39 is 0 Å². The molecule has 0 aliphatic rings. The highest BCUT2D eigenvalue weighted by Crippen LogP contribution is 2.10. The fourth-order valence-electron chi connectivity index (χ4n) is 1.39. The molecule has 0 aromatic carbocycles. The molecule has 14 heavy (non-hydrogen) atoms. The van der Waals surface area contributed by atoms with Crippen molar-refractivity contribution in [3.8, 4) is 0 Å². The van der Waals surface area contributed by atoms with Gasteiger partial charge in [-0.25, -0.2) is 4.68 Å². The molecule has 80 valence electrons. The molecule has 1 aromatic rings. The molecule has 0 saturated heterocycles. The average Bonchev–Trinajstić information content (AvgIpc) is 2.60. The van der Waals surface area contributed by atoms with Gasteiger partial charge in [-0.05, 0) is 12.8 Å². The van der Waals surface area contributed by atoms with Crippen LogP contribution in [0.4, 0.5) is 5.82 Å². The third kappa shape index (κ3) is 3.03. The Balaban J connectivity index is 2.38. The molecular formula is C10H19N3O. The minimum atomic E-state index is 0.832. The highest BCUT2D eigenvalue weighted by molar-refractivity contribution is 5.35. The van der Waals surface area contributed by atoms with Gasteiger partial charge in [-0.1, -0.05) is 0 Å². The van der Waals surface area contributed by atoms with Gasteiger partial charge in [0, 0.05) is 40.4 Å². The standard InChI is InChI=1S/C10H19N3O/c1-12(2)10-6-7-11-13(10)8-4-5-9-14-3/h6-7H,4-5,8-9H2,1-3H3. The van der Waals surface area contributed by atoms with Crippen LogP contribution in [0.1, 0.15) is 12.8 Å². The number of ether oxygens (including phenoxy) is 1. The molecule has 0 amide bonds. The third-order valence-corrected chi connectivity index (χ3v) is 2.12. The van der Waals surface area contributed by atoms with Crippen LogP contribution in [0.5, 0.6) is 0 Å². The lowest BCUT2D eigenvalue weighted by atomic mass is 10.3. The lowest BCUT2D eigenvalue weighted by molar-refractivity contribution is 0.191. The van der Waals surface area contributed by atoms with Crippen molar-refractivity contribution in [3.63, 3.8) is 0 Å². The van der Waals surface area contributed by atoms with Crippen molar-refractivity contribution in [3.05, 3.63) is 12.3 Å². The molecule has 1 rings (SSSR count). The molecule has 0 saturated carbocycles. The maximum Gasteiger partial charge on any atom is 0.126 e. The summed E-state index contributed by atoms with van der Waals surface area (Å²) in [4.78, 5) is 2.07. The van der Waals surface area contributed by atoms with Crippen LogP contribution in [0.25, 0.3) is 0 Å². The van der Waals surface area contributed by atoms with Gasteiger partial charge in [0.15, 0.2) is 0 Å². The average molecular weight is 197 g/mol. The van der Waals surface area contributed by atoms with E-state index in [1.54, 1.807) is 7.11 Å². The number of anilines is 1. The first-order valence-corrected chi connectivity index (χ1v) is 4.93. The summed E-state index contributed by atoms with van der Waals surface area (Å²) in [5.41, 5.74) is 0. The minimum Gasteiger partial charge on any atom is -0.385 e. The fourth-order valence-corrected chi connectivity index (χ4v) is 1.39. The van der Waals surface area contributed by atoms with Crippen LogP contribution >= 0.6 is 0 Å².